The first-order chi connectivity index (χ1) is 8.18. The van der Waals surface area contributed by atoms with Gasteiger partial charge in [-0.3, -0.25) is 0 Å². The highest BCUT2D eigenvalue weighted by molar-refractivity contribution is 5.42. The second kappa shape index (κ2) is 5.54. The van der Waals surface area contributed by atoms with Crippen LogP contribution in [0.1, 0.15) is 37.8 Å². The van der Waals surface area contributed by atoms with E-state index in [9.17, 15) is 0 Å². The Morgan fingerprint density at radius 1 is 1.35 bits per heavy atom. The normalized spacial score (nSPS) is 16.5. The summed E-state index contributed by atoms with van der Waals surface area (Å²) < 4.78 is 5.81. The van der Waals surface area contributed by atoms with E-state index in [4.69, 9.17) is 10.5 Å². The molecule has 1 aromatic rings. The molecule has 2 heteroatoms. The summed E-state index contributed by atoms with van der Waals surface area (Å²) in [6.07, 6.45) is 4.36. The van der Waals surface area contributed by atoms with Crippen molar-refractivity contribution in [2.45, 2.75) is 45.6 Å². The molecule has 1 aromatic carbocycles. The molecule has 2 rings (SSSR count). The average Bonchev–Trinajstić information content (AvgIpc) is 2.35. The van der Waals surface area contributed by atoms with Crippen molar-refractivity contribution in [1.29, 1.82) is 0 Å². The average molecular weight is 233 g/mol. The van der Waals surface area contributed by atoms with Crippen molar-refractivity contribution in [3.8, 4) is 5.75 Å². The molecule has 2 nitrogen and oxygen atoms in total. The van der Waals surface area contributed by atoms with Crippen molar-refractivity contribution in [3.05, 3.63) is 29.3 Å². The molecule has 0 saturated carbocycles. The lowest BCUT2D eigenvalue weighted by atomic mass is 9.95. The number of hydrogen-bond acceptors (Lipinski definition) is 2. The number of ether oxygens (including phenoxy) is 1. The molecule has 1 aliphatic rings. The summed E-state index contributed by atoms with van der Waals surface area (Å²) in [4.78, 5) is 0. The highest BCUT2D eigenvalue weighted by Gasteiger charge is 2.15. The van der Waals surface area contributed by atoms with Gasteiger partial charge < -0.3 is 10.5 Å². The van der Waals surface area contributed by atoms with Crippen LogP contribution in [-0.4, -0.2) is 12.6 Å². The van der Waals surface area contributed by atoms with Gasteiger partial charge in [-0.15, -0.1) is 0 Å². The Labute approximate surface area is 104 Å². The van der Waals surface area contributed by atoms with Gasteiger partial charge in [0.1, 0.15) is 5.75 Å². The summed E-state index contributed by atoms with van der Waals surface area (Å²) >= 11 is 0. The smallest absolute Gasteiger partial charge is 0.125 e. The fraction of sp³-hybridized carbons (Fsp3) is 0.600. The van der Waals surface area contributed by atoms with Crippen LogP contribution in [-0.2, 0) is 12.8 Å². The summed E-state index contributed by atoms with van der Waals surface area (Å²) in [5, 5.41) is 0. The molecule has 94 valence electrons. The van der Waals surface area contributed by atoms with Crippen LogP contribution in [0.3, 0.4) is 0 Å². The van der Waals surface area contributed by atoms with Gasteiger partial charge in [-0.25, -0.2) is 0 Å². The summed E-state index contributed by atoms with van der Waals surface area (Å²) in [5.41, 5.74) is 8.80. The van der Waals surface area contributed by atoms with E-state index in [0.717, 1.165) is 38.0 Å². The Morgan fingerprint density at radius 2 is 2.18 bits per heavy atom. The van der Waals surface area contributed by atoms with Crippen molar-refractivity contribution in [1.82, 2.24) is 0 Å². The predicted molar refractivity (Wildman–Crippen MR) is 71.4 cm³/mol. The quantitative estimate of drug-likeness (QED) is 0.868. The number of hydrogen-bond donors (Lipinski definition) is 1. The van der Waals surface area contributed by atoms with E-state index in [1.807, 2.05) is 0 Å². The molecule has 0 radical (unpaired) electrons. The first kappa shape index (κ1) is 12.4. The molecule has 1 atom stereocenters. The lowest BCUT2D eigenvalue weighted by Crippen LogP contribution is -2.27. The highest BCUT2D eigenvalue weighted by atomic mass is 16.5. The molecular weight excluding hydrogens is 210 g/mol. The zero-order valence-corrected chi connectivity index (χ0v) is 10.9. The van der Waals surface area contributed by atoms with Crippen molar-refractivity contribution in [2.24, 2.45) is 11.7 Å². The molecule has 0 saturated heterocycles. The molecule has 0 fully saturated rings. The Bertz CT molecular complexity index is 373. The number of nitrogens with two attached hydrogens (primary N) is 1. The SMILES string of the molecule is CC(C)C(N)CCc1cccc2c1OCCC2. The van der Waals surface area contributed by atoms with Crippen LogP contribution >= 0.6 is 0 Å². The maximum atomic E-state index is 6.10. The first-order valence-corrected chi connectivity index (χ1v) is 6.67. The number of fused-ring (bicyclic) bond motifs is 1. The number of para-hydroxylation sites is 1. The van der Waals surface area contributed by atoms with Crippen LogP contribution in [0.2, 0.25) is 0 Å². The van der Waals surface area contributed by atoms with Crippen molar-refractivity contribution >= 4 is 0 Å². The third-order valence-electron chi connectivity index (χ3n) is 3.62. The lowest BCUT2D eigenvalue weighted by molar-refractivity contribution is 0.284. The second-order valence-corrected chi connectivity index (χ2v) is 5.30. The van der Waals surface area contributed by atoms with E-state index in [1.54, 1.807) is 0 Å². The molecule has 17 heavy (non-hydrogen) atoms. The van der Waals surface area contributed by atoms with Gasteiger partial charge in [0.05, 0.1) is 6.61 Å². The Hall–Kier alpha value is -1.02. The maximum absolute atomic E-state index is 6.10. The van der Waals surface area contributed by atoms with E-state index in [0.29, 0.717) is 5.92 Å². The minimum Gasteiger partial charge on any atom is -0.493 e. The predicted octanol–water partition coefficient (Wildman–Crippen LogP) is 2.93. The Kier molecular flexibility index (Phi) is 4.06. The van der Waals surface area contributed by atoms with Crippen LogP contribution in [0.15, 0.2) is 18.2 Å². The van der Waals surface area contributed by atoms with Crippen molar-refractivity contribution in [2.75, 3.05) is 6.61 Å². The number of benzene rings is 1. The molecule has 1 heterocycles. The Morgan fingerprint density at radius 3 is 2.94 bits per heavy atom. The number of aryl methyl sites for hydroxylation is 2. The van der Waals surface area contributed by atoms with Crippen LogP contribution in [0.5, 0.6) is 5.75 Å². The van der Waals surface area contributed by atoms with Gasteiger partial charge in [0, 0.05) is 6.04 Å². The molecule has 1 aliphatic heterocycles. The van der Waals surface area contributed by atoms with Gasteiger partial charge in [0.25, 0.3) is 0 Å². The van der Waals surface area contributed by atoms with Crippen molar-refractivity contribution < 1.29 is 4.74 Å². The standard InChI is InChI=1S/C15H23NO/c1-11(2)14(16)9-8-13-6-3-5-12-7-4-10-17-15(12)13/h3,5-6,11,14H,4,7-10,16H2,1-2H3. The first-order valence-electron chi connectivity index (χ1n) is 6.67. The van der Waals surface area contributed by atoms with Gasteiger partial charge in [0.15, 0.2) is 0 Å². The fourth-order valence-electron chi connectivity index (χ4n) is 2.31. The molecule has 0 aromatic heterocycles. The molecule has 0 amide bonds. The van der Waals surface area contributed by atoms with E-state index < -0.39 is 0 Å². The van der Waals surface area contributed by atoms with E-state index in [2.05, 4.69) is 32.0 Å². The summed E-state index contributed by atoms with van der Waals surface area (Å²) in [5.74, 6) is 1.69. The third-order valence-corrected chi connectivity index (χ3v) is 3.62. The molecule has 0 aliphatic carbocycles. The Balaban J connectivity index is 2.06. The molecule has 0 bridgehead atoms. The minimum atomic E-state index is 0.287. The van der Waals surface area contributed by atoms with Crippen LogP contribution in [0.25, 0.3) is 0 Å². The van der Waals surface area contributed by atoms with Gasteiger partial charge in [-0.1, -0.05) is 32.0 Å². The largest absolute Gasteiger partial charge is 0.493 e. The van der Waals surface area contributed by atoms with Crippen LogP contribution in [0.4, 0.5) is 0 Å². The zero-order valence-electron chi connectivity index (χ0n) is 10.9. The topological polar surface area (TPSA) is 35.2 Å². The summed E-state index contributed by atoms with van der Waals surface area (Å²) in [6.45, 7) is 5.23. The molecular formula is C15H23NO. The summed E-state index contributed by atoms with van der Waals surface area (Å²) in [7, 11) is 0. The minimum absolute atomic E-state index is 0.287. The zero-order chi connectivity index (χ0) is 12.3. The highest BCUT2D eigenvalue weighted by Crippen LogP contribution is 2.30. The third kappa shape index (κ3) is 3.01. The summed E-state index contributed by atoms with van der Waals surface area (Å²) in [6, 6.07) is 6.79. The van der Waals surface area contributed by atoms with Gasteiger partial charge in [-0.2, -0.15) is 0 Å². The van der Waals surface area contributed by atoms with Gasteiger partial charge >= 0.3 is 0 Å². The van der Waals surface area contributed by atoms with Gasteiger partial charge in [0.2, 0.25) is 0 Å². The maximum Gasteiger partial charge on any atom is 0.125 e. The van der Waals surface area contributed by atoms with E-state index in [-0.39, 0.29) is 6.04 Å². The van der Waals surface area contributed by atoms with Gasteiger partial charge in [-0.05, 0) is 42.7 Å². The molecule has 0 spiro atoms. The molecule has 2 N–H and O–H groups in total. The molecule has 1 unspecified atom stereocenters. The fourth-order valence-corrected chi connectivity index (χ4v) is 2.31. The second-order valence-electron chi connectivity index (χ2n) is 5.30. The van der Waals surface area contributed by atoms with Crippen LogP contribution in [0, 0.1) is 5.92 Å². The monoisotopic (exact) mass is 233 g/mol. The van der Waals surface area contributed by atoms with Crippen molar-refractivity contribution in [3.63, 3.8) is 0 Å². The van der Waals surface area contributed by atoms with Crippen LogP contribution < -0.4 is 10.5 Å². The lowest BCUT2D eigenvalue weighted by Gasteiger charge is -2.21. The van der Waals surface area contributed by atoms with E-state index in [1.165, 1.54) is 11.1 Å². The number of rotatable bonds is 4. The van der Waals surface area contributed by atoms with E-state index >= 15 is 0 Å².